The molecule has 4 nitrogen and oxygen atoms in total. The van der Waals surface area contributed by atoms with E-state index >= 15 is 0 Å². The number of carbonyl (C=O) groups excluding carboxylic acids is 2. The van der Waals surface area contributed by atoms with Crippen molar-refractivity contribution < 1.29 is 9.59 Å². The molecule has 0 bridgehead atoms. The normalized spacial score (nSPS) is 27.4. The largest absolute Gasteiger partial charge is 0.357 e. The van der Waals surface area contributed by atoms with Gasteiger partial charge in [0.25, 0.3) is 5.91 Å². The fraction of sp³-hybridized carbons (Fsp3) is 0.529. The van der Waals surface area contributed by atoms with E-state index in [4.69, 9.17) is 11.6 Å². The van der Waals surface area contributed by atoms with Gasteiger partial charge in [-0.15, -0.1) is 0 Å². The molecule has 3 atom stereocenters. The van der Waals surface area contributed by atoms with Crippen LogP contribution in [-0.4, -0.2) is 35.8 Å². The monoisotopic (exact) mass is 320 g/mol. The van der Waals surface area contributed by atoms with Crippen molar-refractivity contribution in [2.45, 2.75) is 44.2 Å². The number of carbonyl (C=O) groups is 2. The van der Waals surface area contributed by atoms with Gasteiger partial charge in [-0.25, -0.2) is 0 Å². The van der Waals surface area contributed by atoms with E-state index in [1.165, 1.54) is 6.42 Å². The molecule has 5 heteroatoms. The minimum absolute atomic E-state index is 0.0650. The van der Waals surface area contributed by atoms with Crippen molar-refractivity contribution in [2.24, 2.45) is 5.92 Å². The van der Waals surface area contributed by atoms with Crippen molar-refractivity contribution in [3.8, 4) is 0 Å². The summed E-state index contributed by atoms with van der Waals surface area (Å²) in [5, 5.41) is 3.25. The van der Waals surface area contributed by atoms with Gasteiger partial charge < -0.3 is 10.2 Å². The fourth-order valence-corrected chi connectivity index (χ4v) is 4.11. The van der Waals surface area contributed by atoms with Crippen molar-refractivity contribution >= 4 is 23.4 Å². The number of fused-ring (bicyclic) bond motifs is 1. The number of amides is 2. The topological polar surface area (TPSA) is 49.4 Å². The van der Waals surface area contributed by atoms with Crippen LogP contribution in [0.1, 0.15) is 42.5 Å². The smallest absolute Gasteiger partial charge is 0.254 e. The number of likely N-dealkylation sites (N-methyl/N-ethyl adjacent to an activating group) is 1. The van der Waals surface area contributed by atoms with E-state index in [1.54, 1.807) is 31.3 Å². The van der Waals surface area contributed by atoms with Gasteiger partial charge in [0, 0.05) is 23.7 Å². The lowest BCUT2D eigenvalue weighted by Crippen LogP contribution is -2.49. The summed E-state index contributed by atoms with van der Waals surface area (Å²) in [4.78, 5) is 27.0. The number of likely N-dealkylation sites (tertiary alicyclic amines) is 1. The van der Waals surface area contributed by atoms with Crippen molar-refractivity contribution in [1.29, 1.82) is 0 Å². The van der Waals surface area contributed by atoms with Gasteiger partial charge in [0.05, 0.1) is 0 Å². The predicted molar refractivity (Wildman–Crippen MR) is 85.8 cm³/mol. The van der Waals surface area contributed by atoms with Crippen LogP contribution >= 0.6 is 11.6 Å². The second-order valence-corrected chi connectivity index (χ2v) is 6.64. The Labute approximate surface area is 135 Å². The maximum absolute atomic E-state index is 13.0. The Hall–Kier alpha value is -1.55. The molecule has 0 unspecified atom stereocenters. The van der Waals surface area contributed by atoms with E-state index in [1.807, 2.05) is 4.90 Å². The highest BCUT2D eigenvalue weighted by atomic mass is 35.5. The molecule has 1 saturated carbocycles. The number of hydrogen-bond acceptors (Lipinski definition) is 2. The molecule has 2 amide bonds. The van der Waals surface area contributed by atoms with Crippen molar-refractivity contribution in [3.63, 3.8) is 0 Å². The highest BCUT2D eigenvalue weighted by Crippen LogP contribution is 2.40. The Bertz CT molecular complexity index is 590. The molecule has 1 heterocycles. The first kappa shape index (κ1) is 15.3. The molecule has 3 rings (SSSR count). The Morgan fingerprint density at radius 3 is 2.77 bits per heavy atom. The summed E-state index contributed by atoms with van der Waals surface area (Å²) in [6, 6.07) is 6.81. The van der Waals surface area contributed by atoms with Gasteiger partial charge in [0.15, 0.2) is 0 Å². The predicted octanol–water partition coefficient (Wildman–Crippen LogP) is 2.86. The molecule has 1 aliphatic carbocycles. The number of nitrogens with zero attached hydrogens (tertiary/aromatic N) is 1. The van der Waals surface area contributed by atoms with Crippen molar-refractivity contribution in [3.05, 3.63) is 34.9 Å². The zero-order valence-corrected chi connectivity index (χ0v) is 13.5. The molecule has 2 fully saturated rings. The van der Waals surface area contributed by atoms with Gasteiger partial charge in [-0.05, 0) is 43.4 Å². The van der Waals surface area contributed by atoms with E-state index in [9.17, 15) is 9.59 Å². The lowest BCUT2D eigenvalue weighted by Gasteiger charge is -2.33. The first-order valence-electron chi connectivity index (χ1n) is 7.91. The maximum atomic E-state index is 13.0. The quantitative estimate of drug-likeness (QED) is 0.911. The summed E-state index contributed by atoms with van der Waals surface area (Å²) >= 11 is 6.01. The molecule has 1 N–H and O–H groups in total. The summed E-state index contributed by atoms with van der Waals surface area (Å²) in [5.41, 5.74) is 0.563. The molecular formula is C17H21ClN2O2. The highest BCUT2D eigenvalue weighted by Gasteiger charge is 2.47. The van der Waals surface area contributed by atoms with Crippen LogP contribution in [0.3, 0.4) is 0 Å². The number of halogens is 1. The van der Waals surface area contributed by atoms with E-state index in [0.717, 1.165) is 25.7 Å². The van der Waals surface area contributed by atoms with Crippen LogP contribution < -0.4 is 5.32 Å². The van der Waals surface area contributed by atoms with Gasteiger partial charge in [-0.2, -0.15) is 0 Å². The lowest BCUT2D eigenvalue weighted by atomic mass is 9.84. The molecule has 0 radical (unpaired) electrons. The summed E-state index contributed by atoms with van der Waals surface area (Å²) in [6.07, 6.45) is 5.19. The van der Waals surface area contributed by atoms with E-state index < -0.39 is 0 Å². The number of rotatable bonds is 2. The van der Waals surface area contributed by atoms with Crippen LogP contribution in [0.2, 0.25) is 5.02 Å². The van der Waals surface area contributed by atoms with Crippen LogP contribution in [0.25, 0.3) is 0 Å². The lowest BCUT2D eigenvalue weighted by molar-refractivity contribution is -0.124. The third kappa shape index (κ3) is 2.72. The molecule has 1 aliphatic heterocycles. The summed E-state index contributed by atoms with van der Waals surface area (Å²) in [7, 11) is 1.63. The Morgan fingerprint density at radius 2 is 2.05 bits per heavy atom. The zero-order chi connectivity index (χ0) is 15.7. The first-order valence-corrected chi connectivity index (χ1v) is 8.29. The van der Waals surface area contributed by atoms with Gasteiger partial charge >= 0.3 is 0 Å². The minimum atomic E-state index is -0.357. The number of benzene rings is 1. The molecule has 0 spiro atoms. The maximum Gasteiger partial charge on any atom is 0.254 e. The Kier molecular flexibility index (Phi) is 4.39. The first-order chi connectivity index (χ1) is 10.6. The molecular weight excluding hydrogens is 300 g/mol. The molecule has 1 saturated heterocycles. The average Bonchev–Trinajstić information content (AvgIpc) is 2.92. The second-order valence-electron chi connectivity index (χ2n) is 6.20. The van der Waals surface area contributed by atoms with Crippen molar-refractivity contribution in [1.82, 2.24) is 10.2 Å². The van der Waals surface area contributed by atoms with Gasteiger partial charge in [-0.1, -0.05) is 30.5 Å². The number of hydrogen-bond donors (Lipinski definition) is 1. The molecule has 1 aromatic rings. The summed E-state index contributed by atoms with van der Waals surface area (Å²) in [6.45, 7) is 0. The standard InChI is InChI=1S/C17H21ClN2O2/c1-19-16(21)15-10-11-5-2-3-8-14(11)20(15)17(22)12-6-4-7-13(18)9-12/h4,6-7,9,11,14-15H,2-3,5,8,10H2,1H3,(H,19,21)/t11-,14+,15-/m0/s1. The highest BCUT2D eigenvalue weighted by molar-refractivity contribution is 6.31. The van der Waals surface area contributed by atoms with Gasteiger partial charge in [-0.3, -0.25) is 9.59 Å². The number of nitrogens with one attached hydrogen (secondary N) is 1. The average molecular weight is 321 g/mol. The van der Waals surface area contributed by atoms with E-state index in [-0.39, 0.29) is 23.9 Å². The van der Waals surface area contributed by atoms with Crippen molar-refractivity contribution in [2.75, 3.05) is 7.05 Å². The third-order valence-corrected chi connectivity index (χ3v) is 5.18. The van der Waals surface area contributed by atoms with Crippen LogP contribution in [0.15, 0.2) is 24.3 Å². The molecule has 2 aliphatic rings. The molecule has 1 aromatic carbocycles. The van der Waals surface area contributed by atoms with Crippen LogP contribution in [0.4, 0.5) is 0 Å². The fourth-order valence-electron chi connectivity index (χ4n) is 3.92. The zero-order valence-electron chi connectivity index (χ0n) is 12.7. The van der Waals surface area contributed by atoms with Gasteiger partial charge in [0.2, 0.25) is 5.91 Å². The third-order valence-electron chi connectivity index (χ3n) is 4.94. The molecule has 0 aromatic heterocycles. The van der Waals surface area contributed by atoms with Crippen LogP contribution in [0.5, 0.6) is 0 Å². The van der Waals surface area contributed by atoms with Crippen LogP contribution in [-0.2, 0) is 4.79 Å². The Morgan fingerprint density at radius 1 is 1.27 bits per heavy atom. The second kappa shape index (κ2) is 6.29. The van der Waals surface area contributed by atoms with E-state index in [2.05, 4.69) is 5.32 Å². The summed E-state index contributed by atoms with van der Waals surface area (Å²) < 4.78 is 0. The summed E-state index contributed by atoms with van der Waals surface area (Å²) in [5.74, 6) is 0.300. The van der Waals surface area contributed by atoms with E-state index in [0.29, 0.717) is 16.5 Å². The Balaban J connectivity index is 1.92. The molecule has 118 valence electrons. The molecule has 22 heavy (non-hydrogen) atoms. The SMILES string of the molecule is CNC(=O)[C@@H]1C[C@@H]2CCCC[C@H]2N1C(=O)c1cccc(Cl)c1. The minimum Gasteiger partial charge on any atom is -0.357 e. The van der Waals surface area contributed by atoms with Gasteiger partial charge in [0.1, 0.15) is 6.04 Å². The van der Waals surface area contributed by atoms with Crippen LogP contribution in [0, 0.1) is 5.92 Å².